The smallest absolute Gasteiger partial charge is 0.250 e. The van der Waals surface area contributed by atoms with E-state index < -0.39 is 0 Å². The molecule has 0 aliphatic carbocycles. The maximum Gasteiger partial charge on any atom is 0.250 e. The first kappa shape index (κ1) is 23.7. The van der Waals surface area contributed by atoms with E-state index in [2.05, 4.69) is 45.0 Å². The maximum absolute atomic E-state index is 12.4. The third-order valence-corrected chi connectivity index (χ3v) is 6.44. The highest BCUT2D eigenvalue weighted by molar-refractivity contribution is 7.99. The van der Waals surface area contributed by atoms with Crippen LogP contribution in [0.15, 0.2) is 89.1 Å². The van der Waals surface area contributed by atoms with Crippen molar-refractivity contribution in [2.45, 2.75) is 25.5 Å². The van der Waals surface area contributed by atoms with E-state index in [1.54, 1.807) is 0 Å². The number of amides is 1. The van der Waals surface area contributed by atoms with Crippen molar-refractivity contribution in [2.24, 2.45) is 5.10 Å². The van der Waals surface area contributed by atoms with Crippen molar-refractivity contribution in [3.05, 3.63) is 89.4 Å². The molecule has 0 saturated heterocycles. The van der Waals surface area contributed by atoms with Gasteiger partial charge in [-0.1, -0.05) is 78.0 Å². The van der Waals surface area contributed by atoms with Crippen LogP contribution in [0, 0.1) is 0 Å². The molecule has 0 bridgehead atoms. The first-order valence-corrected chi connectivity index (χ1v) is 12.2. The molecular formula is C26H24ClN5OS. The molecule has 0 spiro atoms. The highest BCUT2D eigenvalue weighted by Crippen LogP contribution is 2.25. The topological polar surface area (TPSA) is 72.2 Å². The number of carbonyl (C=O) groups is 1. The molecule has 0 radical (unpaired) electrons. The van der Waals surface area contributed by atoms with Crippen molar-refractivity contribution < 1.29 is 4.79 Å². The Morgan fingerprint density at radius 3 is 2.26 bits per heavy atom. The summed E-state index contributed by atoms with van der Waals surface area (Å²) in [4.78, 5) is 12.4. The molecule has 1 aromatic heterocycles. The molecule has 1 N–H and O–H groups in total. The average Bonchev–Trinajstić information content (AvgIpc) is 3.30. The van der Waals surface area contributed by atoms with Crippen LogP contribution < -0.4 is 5.43 Å². The predicted molar refractivity (Wildman–Crippen MR) is 139 cm³/mol. The monoisotopic (exact) mass is 489 g/mol. The van der Waals surface area contributed by atoms with Crippen LogP contribution in [0.4, 0.5) is 0 Å². The molecule has 4 rings (SSSR count). The molecule has 0 unspecified atom stereocenters. The van der Waals surface area contributed by atoms with E-state index in [0.29, 0.717) is 16.7 Å². The van der Waals surface area contributed by atoms with Gasteiger partial charge in [0, 0.05) is 17.1 Å². The zero-order valence-corrected chi connectivity index (χ0v) is 20.5. The van der Waals surface area contributed by atoms with Crippen LogP contribution in [0.2, 0.25) is 5.02 Å². The minimum Gasteiger partial charge on any atom is -0.302 e. The first-order valence-electron chi connectivity index (χ1n) is 10.9. The number of aromatic nitrogens is 3. The largest absolute Gasteiger partial charge is 0.302 e. The lowest BCUT2D eigenvalue weighted by Crippen LogP contribution is -2.21. The average molecular weight is 490 g/mol. The molecular weight excluding hydrogens is 466 g/mol. The van der Waals surface area contributed by atoms with Crippen LogP contribution in [0.5, 0.6) is 0 Å². The summed E-state index contributed by atoms with van der Waals surface area (Å²) in [6, 6.07) is 25.8. The molecule has 1 heterocycles. The van der Waals surface area contributed by atoms with E-state index in [-0.39, 0.29) is 11.7 Å². The molecule has 34 heavy (non-hydrogen) atoms. The second-order valence-electron chi connectivity index (χ2n) is 7.52. The quantitative estimate of drug-likeness (QED) is 0.189. The molecule has 172 valence electrons. The fraction of sp³-hybridized carbons (Fsp3) is 0.154. The lowest BCUT2D eigenvalue weighted by atomic mass is 10.0. The summed E-state index contributed by atoms with van der Waals surface area (Å²) in [7, 11) is 0. The Morgan fingerprint density at radius 2 is 1.59 bits per heavy atom. The van der Waals surface area contributed by atoms with Crippen LogP contribution in [0.3, 0.4) is 0 Å². The van der Waals surface area contributed by atoms with Gasteiger partial charge in [0.15, 0.2) is 11.0 Å². The molecule has 3 aromatic carbocycles. The van der Waals surface area contributed by atoms with Gasteiger partial charge in [-0.25, -0.2) is 5.43 Å². The zero-order valence-electron chi connectivity index (χ0n) is 18.9. The lowest BCUT2D eigenvalue weighted by molar-refractivity contribution is -0.118. The zero-order chi connectivity index (χ0) is 23.9. The first-order chi connectivity index (χ1) is 16.5. The summed E-state index contributed by atoms with van der Waals surface area (Å²) in [5, 5.41) is 14.2. The third-order valence-electron chi connectivity index (χ3n) is 5.23. The highest BCUT2D eigenvalue weighted by atomic mass is 35.5. The Balaban J connectivity index is 1.35. The summed E-state index contributed by atoms with van der Waals surface area (Å²) >= 11 is 7.31. The molecule has 0 fully saturated rings. The van der Waals surface area contributed by atoms with Crippen molar-refractivity contribution in [1.82, 2.24) is 20.2 Å². The second-order valence-corrected chi connectivity index (χ2v) is 8.90. The van der Waals surface area contributed by atoms with Gasteiger partial charge in [0.2, 0.25) is 0 Å². The van der Waals surface area contributed by atoms with E-state index in [1.807, 2.05) is 73.0 Å². The van der Waals surface area contributed by atoms with Gasteiger partial charge < -0.3 is 4.57 Å². The molecule has 0 atom stereocenters. The summed E-state index contributed by atoms with van der Waals surface area (Å²) in [5.74, 6) is 0.724. The van der Waals surface area contributed by atoms with Gasteiger partial charge in [-0.3, -0.25) is 4.79 Å². The molecule has 4 aromatic rings. The summed E-state index contributed by atoms with van der Waals surface area (Å²) in [6.07, 6.45) is 0. The predicted octanol–water partition coefficient (Wildman–Crippen LogP) is 5.92. The number of hydrogen-bond acceptors (Lipinski definition) is 5. The molecule has 0 saturated carbocycles. The van der Waals surface area contributed by atoms with Gasteiger partial charge in [-0.05, 0) is 54.8 Å². The van der Waals surface area contributed by atoms with Crippen LogP contribution >= 0.6 is 23.4 Å². The summed E-state index contributed by atoms with van der Waals surface area (Å²) < 4.78 is 1.98. The number of thioether (sulfide) groups is 1. The highest BCUT2D eigenvalue weighted by Gasteiger charge is 2.14. The van der Waals surface area contributed by atoms with Crippen LogP contribution in [0.25, 0.3) is 22.5 Å². The van der Waals surface area contributed by atoms with E-state index in [1.165, 1.54) is 11.8 Å². The minimum absolute atomic E-state index is 0.183. The third kappa shape index (κ3) is 5.73. The molecule has 8 heteroatoms. The Kier molecular flexibility index (Phi) is 7.77. The summed E-state index contributed by atoms with van der Waals surface area (Å²) in [5.41, 5.74) is 7.54. The fourth-order valence-electron chi connectivity index (χ4n) is 3.40. The van der Waals surface area contributed by atoms with E-state index in [9.17, 15) is 4.79 Å². The second kappa shape index (κ2) is 11.1. The number of carbonyl (C=O) groups excluding carboxylic acids is 1. The Labute approximate surface area is 208 Å². The number of benzene rings is 3. The Bertz CT molecular complexity index is 1290. The van der Waals surface area contributed by atoms with Crippen molar-refractivity contribution in [2.75, 3.05) is 5.75 Å². The SMILES string of the molecule is CCn1c(SCC(=O)NN=C(C)c2ccc(-c3ccccc3)cc2)nnc1-c1ccc(Cl)cc1. The standard InChI is InChI=1S/C26H24ClN5OS/c1-3-32-25(22-13-15-23(27)16-14-22)30-31-26(32)34-17-24(33)29-28-18(2)19-9-11-21(12-10-19)20-7-5-4-6-8-20/h4-16H,3,17H2,1-2H3,(H,29,33). The van der Waals surface area contributed by atoms with Gasteiger partial charge in [0.1, 0.15) is 0 Å². The molecule has 0 aliphatic heterocycles. The Morgan fingerprint density at radius 1 is 0.941 bits per heavy atom. The van der Waals surface area contributed by atoms with E-state index in [0.717, 1.165) is 33.8 Å². The van der Waals surface area contributed by atoms with Crippen molar-refractivity contribution in [1.29, 1.82) is 0 Å². The summed E-state index contributed by atoms with van der Waals surface area (Å²) in [6.45, 7) is 4.58. The van der Waals surface area contributed by atoms with Crippen LogP contribution in [-0.4, -0.2) is 32.1 Å². The van der Waals surface area contributed by atoms with E-state index >= 15 is 0 Å². The molecule has 6 nitrogen and oxygen atoms in total. The normalized spacial score (nSPS) is 11.4. The van der Waals surface area contributed by atoms with Crippen molar-refractivity contribution in [3.8, 4) is 22.5 Å². The number of hydrazone groups is 1. The number of nitrogens with one attached hydrogen (secondary N) is 1. The van der Waals surface area contributed by atoms with Gasteiger partial charge in [-0.2, -0.15) is 5.10 Å². The Hall–Kier alpha value is -3.42. The molecule has 0 aliphatic rings. The van der Waals surface area contributed by atoms with Gasteiger partial charge in [0.05, 0.1) is 11.5 Å². The van der Waals surface area contributed by atoms with Gasteiger partial charge >= 0.3 is 0 Å². The van der Waals surface area contributed by atoms with Gasteiger partial charge in [0.25, 0.3) is 5.91 Å². The van der Waals surface area contributed by atoms with Crippen LogP contribution in [0.1, 0.15) is 19.4 Å². The van der Waals surface area contributed by atoms with E-state index in [4.69, 9.17) is 11.6 Å². The lowest BCUT2D eigenvalue weighted by Gasteiger charge is -2.07. The van der Waals surface area contributed by atoms with Crippen LogP contribution in [-0.2, 0) is 11.3 Å². The number of hydrogen-bond donors (Lipinski definition) is 1. The van der Waals surface area contributed by atoms with Crippen molar-refractivity contribution >= 4 is 35.0 Å². The number of rotatable bonds is 8. The number of halogens is 1. The van der Waals surface area contributed by atoms with Gasteiger partial charge in [-0.15, -0.1) is 10.2 Å². The maximum atomic E-state index is 12.4. The molecule has 1 amide bonds. The number of nitrogens with zero attached hydrogens (tertiary/aromatic N) is 4. The fourth-order valence-corrected chi connectivity index (χ4v) is 4.32. The minimum atomic E-state index is -0.205. The van der Waals surface area contributed by atoms with Crippen molar-refractivity contribution in [3.63, 3.8) is 0 Å².